The third kappa shape index (κ3) is 2.34. The zero-order valence-electron chi connectivity index (χ0n) is 11.0. The summed E-state index contributed by atoms with van der Waals surface area (Å²) in [6.07, 6.45) is 4.33. The van der Waals surface area contributed by atoms with Gasteiger partial charge in [-0.2, -0.15) is 0 Å². The van der Waals surface area contributed by atoms with Crippen LogP contribution in [0.4, 0.5) is 5.69 Å². The van der Waals surface area contributed by atoms with Crippen molar-refractivity contribution in [1.29, 1.82) is 0 Å². The minimum Gasteiger partial charge on any atom is -0.347 e. The zero-order chi connectivity index (χ0) is 13.2. The predicted octanol–water partition coefficient (Wildman–Crippen LogP) is 2.34. The van der Waals surface area contributed by atoms with Gasteiger partial charge >= 0.3 is 0 Å². The fraction of sp³-hybridized carbons (Fsp3) is 0.500. The van der Waals surface area contributed by atoms with Crippen molar-refractivity contribution in [3.8, 4) is 0 Å². The molecule has 0 spiro atoms. The van der Waals surface area contributed by atoms with Crippen LogP contribution in [0.2, 0.25) is 0 Å². The molecule has 0 heterocycles. The molecule has 1 amide bonds. The van der Waals surface area contributed by atoms with Gasteiger partial charge in [0, 0.05) is 5.54 Å². The van der Waals surface area contributed by atoms with Crippen LogP contribution in [-0.4, -0.2) is 11.4 Å². The number of hydrogen-bond acceptors (Lipinski definition) is 3. The number of anilines is 1. The lowest BCUT2D eigenvalue weighted by Gasteiger charge is -2.42. The number of nitrogens with two attached hydrogens (primary N) is 1. The van der Waals surface area contributed by atoms with Gasteiger partial charge in [0.25, 0.3) is 5.91 Å². The molecule has 2 rings (SSSR count). The average molecular weight is 247 g/mol. The number of aryl methyl sites for hydroxylation is 1. The van der Waals surface area contributed by atoms with Gasteiger partial charge in [0.05, 0.1) is 11.3 Å². The van der Waals surface area contributed by atoms with Gasteiger partial charge in [0.2, 0.25) is 0 Å². The van der Waals surface area contributed by atoms with Crippen molar-refractivity contribution in [2.24, 2.45) is 5.84 Å². The number of amides is 1. The van der Waals surface area contributed by atoms with E-state index in [0.29, 0.717) is 11.3 Å². The molecule has 1 aromatic carbocycles. The van der Waals surface area contributed by atoms with Crippen LogP contribution in [0.3, 0.4) is 0 Å². The number of nitrogens with one attached hydrogen (secondary N) is 2. The fourth-order valence-electron chi connectivity index (χ4n) is 2.45. The van der Waals surface area contributed by atoms with E-state index in [4.69, 9.17) is 5.84 Å². The van der Waals surface area contributed by atoms with E-state index in [-0.39, 0.29) is 11.4 Å². The molecule has 4 N–H and O–H groups in total. The summed E-state index contributed by atoms with van der Waals surface area (Å²) in [5.41, 5.74) is 4.94. The molecule has 98 valence electrons. The van der Waals surface area contributed by atoms with Crippen molar-refractivity contribution in [1.82, 2.24) is 5.32 Å². The second-order valence-corrected chi connectivity index (χ2v) is 5.13. The largest absolute Gasteiger partial charge is 0.347 e. The van der Waals surface area contributed by atoms with Gasteiger partial charge in [-0.25, -0.2) is 0 Å². The van der Waals surface area contributed by atoms with Crippen molar-refractivity contribution >= 4 is 11.6 Å². The van der Waals surface area contributed by atoms with Gasteiger partial charge < -0.3 is 10.7 Å². The number of hydrazine groups is 1. The lowest BCUT2D eigenvalue weighted by molar-refractivity contribution is 0.0821. The second-order valence-electron chi connectivity index (χ2n) is 5.13. The second kappa shape index (κ2) is 4.98. The van der Waals surface area contributed by atoms with Gasteiger partial charge in [-0.1, -0.05) is 18.6 Å². The number of hydrogen-bond donors (Lipinski definition) is 3. The summed E-state index contributed by atoms with van der Waals surface area (Å²) in [7, 11) is 0. The Bertz CT molecular complexity index is 447. The summed E-state index contributed by atoms with van der Waals surface area (Å²) < 4.78 is 0. The molecule has 1 aromatic rings. The SMILES string of the molecule is CCC1(NC(=O)c2cc(C)ccc2NN)CCC1. The van der Waals surface area contributed by atoms with Crippen molar-refractivity contribution in [3.63, 3.8) is 0 Å². The Morgan fingerprint density at radius 2 is 2.17 bits per heavy atom. The van der Waals surface area contributed by atoms with E-state index in [1.807, 2.05) is 25.1 Å². The minimum atomic E-state index is -0.0341. The van der Waals surface area contributed by atoms with Gasteiger partial charge in [-0.3, -0.25) is 10.6 Å². The Kier molecular flexibility index (Phi) is 3.57. The molecule has 1 saturated carbocycles. The highest BCUT2D eigenvalue weighted by atomic mass is 16.1. The Morgan fingerprint density at radius 3 is 2.67 bits per heavy atom. The lowest BCUT2D eigenvalue weighted by Crippen LogP contribution is -2.53. The summed E-state index contributed by atoms with van der Waals surface area (Å²) in [5, 5.41) is 3.16. The van der Waals surface area contributed by atoms with Gasteiger partial charge in [-0.05, 0) is 44.7 Å². The molecular weight excluding hydrogens is 226 g/mol. The topological polar surface area (TPSA) is 67.2 Å². The molecule has 0 aliphatic heterocycles. The molecule has 4 nitrogen and oxygen atoms in total. The maximum absolute atomic E-state index is 12.3. The van der Waals surface area contributed by atoms with E-state index < -0.39 is 0 Å². The molecule has 0 radical (unpaired) electrons. The number of carbonyl (C=O) groups is 1. The average Bonchev–Trinajstić information content (AvgIpc) is 2.33. The molecule has 0 unspecified atom stereocenters. The summed E-state index contributed by atoms with van der Waals surface area (Å²) in [6.45, 7) is 4.09. The van der Waals surface area contributed by atoms with Crippen LogP contribution in [0.25, 0.3) is 0 Å². The summed E-state index contributed by atoms with van der Waals surface area (Å²) in [6, 6.07) is 5.64. The van der Waals surface area contributed by atoms with Crippen LogP contribution in [0, 0.1) is 6.92 Å². The predicted molar refractivity (Wildman–Crippen MR) is 73.3 cm³/mol. The number of rotatable bonds is 4. The van der Waals surface area contributed by atoms with E-state index in [1.165, 1.54) is 6.42 Å². The van der Waals surface area contributed by atoms with Crippen LogP contribution in [-0.2, 0) is 0 Å². The maximum atomic E-state index is 12.3. The molecule has 1 fully saturated rings. The molecule has 4 heteroatoms. The molecule has 1 aliphatic rings. The van der Waals surface area contributed by atoms with Crippen LogP contribution in [0.1, 0.15) is 48.5 Å². The van der Waals surface area contributed by atoms with Crippen molar-refractivity contribution in [3.05, 3.63) is 29.3 Å². The van der Waals surface area contributed by atoms with Crippen LogP contribution >= 0.6 is 0 Å². The van der Waals surface area contributed by atoms with Crippen molar-refractivity contribution in [2.75, 3.05) is 5.43 Å². The van der Waals surface area contributed by atoms with E-state index >= 15 is 0 Å². The molecule has 0 bridgehead atoms. The molecule has 0 saturated heterocycles. The quantitative estimate of drug-likeness (QED) is 0.565. The summed E-state index contributed by atoms with van der Waals surface area (Å²) >= 11 is 0. The van der Waals surface area contributed by atoms with Crippen molar-refractivity contribution < 1.29 is 4.79 Å². The van der Waals surface area contributed by atoms with Gasteiger partial charge in [0.15, 0.2) is 0 Å². The van der Waals surface area contributed by atoms with E-state index in [2.05, 4.69) is 17.7 Å². The first-order chi connectivity index (χ1) is 8.60. The maximum Gasteiger partial charge on any atom is 0.253 e. The smallest absolute Gasteiger partial charge is 0.253 e. The first kappa shape index (κ1) is 12.9. The molecular formula is C14H21N3O. The lowest BCUT2D eigenvalue weighted by atomic mass is 9.74. The normalized spacial score (nSPS) is 16.8. The number of carbonyl (C=O) groups excluding carboxylic acids is 1. The molecule has 0 aromatic heterocycles. The number of nitrogen functional groups attached to an aromatic ring is 1. The zero-order valence-corrected chi connectivity index (χ0v) is 11.0. The third-order valence-corrected chi connectivity index (χ3v) is 3.94. The Balaban J connectivity index is 2.20. The van der Waals surface area contributed by atoms with E-state index in [0.717, 1.165) is 24.8 Å². The molecule has 18 heavy (non-hydrogen) atoms. The highest BCUT2D eigenvalue weighted by molar-refractivity contribution is 6.00. The monoisotopic (exact) mass is 247 g/mol. The Labute approximate surface area is 108 Å². The molecule has 0 atom stereocenters. The first-order valence-corrected chi connectivity index (χ1v) is 6.50. The minimum absolute atomic E-state index is 0.00664. The van der Waals surface area contributed by atoms with Crippen LogP contribution < -0.4 is 16.6 Å². The third-order valence-electron chi connectivity index (χ3n) is 3.94. The highest BCUT2D eigenvalue weighted by Gasteiger charge is 2.36. The van der Waals surface area contributed by atoms with Gasteiger partial charge in [-0.15, -0.1) is 0 Å². The highest BCUT2D eigenvalue weighted by Crippen LogP contribution is 2.35. The summed E-state index contributed by atoms with van der Waals surface area (Å²) in [4.78, 5) is 12.3. The van der Waals surface area contributed by atoms with Gasteiger partial charge in [0.1, 0.15) is 0 Å². The van der Waals surface area contributed by atoms with Crippen molar-refractivity contribution in [2.45, 2.75) is 45.1 Å². The molecule has 1 aliphatic carbocycles. The standard InChI is InChI=1S/C14H21N3O/c1-3-14(7-4-8-14)16-13(18)11-9-10(2)5-6-12(11)17-15/h5-6,9,17H,3-4,7-8,15H2,1-2H3,(H,16,18). The number of benzene rings is 1. The Morgan fingerprint density at radius 1 is 1.44 bits per heavy atom. The first-order valence-electron chi connectivity index (χ1n) is 6.50. The van der Waals surface area contributed by atoms with Crippen LogP contribution in [0.5, 0.6) is 0 Å². The Hall–Kier alpha value is -1.55. The van der Waals surface area contributed by atoms with Crippen LogP contribution in [0.15, 0.2) is 18.2 Å². The fourth-order valence-corrected chi connectivity index (χ4v) is 2.45. The van der Waals surface area contributed by atoms with E-state index in [9.17, 15) is 4.79 Å². The van der Waals surface area contributed by atoms with E-state index in [1.54, 1.807) is 0 Å². The summed E-state index contributed by atoms with van der Waals surface area (Å²) in [5.74, 6) is 5.42.